The van der Waals surface area contributed by atoms with Gasteiger partial charge in [0.2, 0.25) is 0 Å². The summed E-state index contributed by atoms with van der Waals surface area (Å²) >= 11 is 0. The molecule has 0 unspecified atom stereocenters. The third kappa shape index (κ3) is 3.91. The van der Waals surface area contributed by atoms with E-state index in [1.54, 1.807) is 26.7 Å². The van der Waals surface area contributed by atoms with E-state index in [0.717, 1.165) is 5.92 Å². The lowest BCUT2D eigenvalue weighted by atomic mass is 9.85. The zero-order valence-corrected chi connectivity index (χ0v) is 12.5. The fourth-order valence-corrected chi connectivity index (χ4v) is 1.75. The predicted molar refractivity (Wildman–Crippen MR) is 73.5 cm³/mol. The van der Waals surface area contributed by atoms with Crippen molar-refractivity contribution < 1.29 is 31.4 Å². The number of rotatable bonds is 0. The van der Waals surface area contributed by atoms with Crippen LogP contribution in [-0.4, -0.2) is 23.1 Å². The maximum atomic E-state index is 12.5. The summed E-state index contributed by atoms with van der Waals surface area (Å²) < 4.78 is 75.3. The molecule has 3 N–H and O–H groups in total. The van der Waals surface area contributed by atoms with Crippen LogP contribution < -0.4 is 5.73 Å². The Bertz CT molecular complexity index is 629. The summed E-state index contributed by atoms with van der Waals surface area (Å²) in [6.07, 6.45) is -11.9. The molecule has 2 nitrogen and oxygen atoms in total. The monoisotopic (exact) mass is 339 g/mol. The normalized spacial score (nSPS) is 13.5. The van der Waals surface area contributed by atoms with Gasteiger partial charge in [-0.05, 0) is 35.1 Å². The van der Waals surface area contributed by atoms with Gasteiger partial charge in [0, 0.05) is 11.3 Å². The first-order valence-electron chi connectivity index (χ1n) is 6.38. The average Bonchev–Trinajstić information content (AvgIpc) is 2.33. The van der Waals surface area contributed by atoms with Gasteiger partial charge >= 0.3 is 18.0 Å². The number of nitrogen functional groups attached to an aromatic ring is 1. The summed E-state index contributed by atoms with van der Waals surface area (Å²) in [5, 5.41) is 8.98. The minimum Gasteiger partial charge on any atom is -0.398 e. The molecule has 1 aromatic carbocycles. The van der Waals surface area contributed by atoms with Gasteiger partial charge in [-0.25, -0.2) is 0 Å². The molecule has 0 amide bonds. The van der Waals surface area contributed by atoms with Gasteiger partial charge < -0.3 is 10.8 Å². The lowest BCUT2D eigenvalue weighted by Crippen LogP contribution is -2.55. The zero-order valence-electron chi connectivity index (χ0n) is 12.5. The summed E-state index contributed by atoms with van der Waals surface area (Å²) in [4.78, 5) is 0. The summed E-state index contributed by atoms with van der Waals surface area (Å²) in [5.41, 5.74) is 0.908. The van der Waals surface area contributed by atoms with E-state index in [9.17, 15) is 26.3 Å². The fraction of sp³-hybridized carbons (Fsp3) is 0.467. The van der Waals surface area contributed by atoms with Crippen molar-refractivity contribution >= 4 is 5.69 Å². The maximum Gasteiger partial charge on any atom is 0.438 e. The van der Waals surface area contributed by atoms with E-state index in [4.69, 9.17) is 10.8 Å². The number of benzene rings is 1. The van der Waals surface area contributed by atoms with Crippen molar-refractivity contribution in [1.29, 1.82) is 0 Å². The summed E-state index contributed by atoms with van der Waals surface area (Å²) in [6.45, 7) is 5.33. The molecule has 0 fully saturated rings. The Morgan fingerprint density at radius 2 is 1.43 bits per heavy atom. The number of hydrogen-bond donors (Lipinski definition) is 2. The van der Waals surface area contributed by atoms with Gasteiger partial charge in [0.1, 0.15) is 0 Å². The molecule has 0 aliphatic heterocycles. The standard InChI is InChI=1S/C15H15F6NO/c1-12(2,3)10-8-9(4-5-11(10)22)6-7-13(23,14(16,17)18)15(19,20)21/h4-5,8,23H,22H2,1-3H3. The first-order chi connectivity index (χ1) is 10.1. The first-order valence-corrected chi connectivity index (χ1v) is 6.38. The number of nitrogens with two attached hydrogens (primary N) is 1. The average molecular weight is 339 g/mol. The highest BCUT2D eigenvalue weighted by Gasteiger charge is 2.70. The molecule has 0 spiro atoms. The second kappa shape index (κ2) is 5.64. The van der Waals surface area contributed by atoms with E-state index >= 15 is 0 Å². The molecular formula is C15H15F6NO. The van der Waals surface area contributed by atoms with E-state index in [1.807, 2.05) is 0 Å². The minimum atomic E-state index is -5.97. The Morgan fingerprint density at radius 3 is 1.83 bits per heavy atom. The Kier molecular flexibility index (Phi) is 4.70. The molecule has 0 saturated carbocycles. The Hall–Kier alpha value is -1.88. The van der Waals surface area contributed by atoms with Crippen molar-refractivity contribution in [3.63, 3.8) is 0 Å². The Morgan fingerprint density at radius 1 is 0.957 bits per heavy atom. The van der Waals surface area contributed by atoms with Crippen LogP contribution in [0, 0.1) is 11.8 Å². The van der Waals surface area contributed by atoms with Crippen molar-refractivity contribution in [2.24, 2.45) is 0 Å². The second-order valence-electron chi connectivity index (χ2n) is 6.01. The highest BCUT2D eigenvalue weighted by molar-refractivity contribution is 5.55. The predicted octanol–water partition coefficient (Wildman–Crippen LogP) is 3.77. The molecule has 0 aliphatic rings. The van der Waals surface area contributed by atoms with E-state index in [-0.39, 0.29) is 5.56 Å². The molecule has 1 aromatic rings. The van der Waals surface area contributed by atoms with Crippen LogP contribution in [0.2, 0.25) is 0 Å². The molecule has 8 heteroatoms. The van der Waals surface area contributed by atoms with Gasteiger partial charge in [-0.2, -0.15) is 26.3 Å². The molecule has 0 heterocycles. The van der Waals surface area contributed by atoms with E-state index in [1.165, 1.54) is 18.2 Å². The summed E-state index contributed by atoms with van der Waals surface area (Å²) in [7, 11) is 0. The lowest BCUT2D eigenvalue weighted by Gasteiger charge is -2.27. The van der Waals surface area contributed by atoms with Crippen LogP contribution in [0.3, 0.4) is 0 Å². The first kappa shape index (κ1) is 19.2. The molecule has 0 aromatic heterocycles. The Labute approximate surface area is 129 Å². The van der Waals surface area contributed by atoms with Gasteiger partial charge in [0.25, 0.3) is 0 Å². The molecule has 1 rings (SSSR count). The van der Waals surface area contributed by atoms with Crippen LogP contribution in [0.25, 0.3) is 0 Å². The van der Waals surface area contributed by atoms with Gasteiger partial charge in [-0.15, -0.1) is 0 Å². The number of hydrogen-bond acceptors (Lipinski definition) is 2. The molecule has 0 aliphatic carbocycles. The van der Waals surface area contributed by atoms with Crippen LogP contribution >= 0.6 is 0 Å². The summed E-state index contributed by atoms with van der Waals surface area (Å²) in [6, 6.07) is 3.82. The van der Waals surface area contributed by atoms with Gasteiger partial charge in [0.15, 0.2) is 0 Å². The maximum absolute atomic E-state index is 12.5. The van der Waals surface area contributed by atoms with E-state index in [2.05, 4.69) is 0 Å². The molecule has 23 heavy (non-hydrogen) atoms. The summed E-state index contributed by atoms with van der Waals surface area (Å²) in [5.74, 6) is 2.65. The topological polar surface area (TPSA) is 46.2 Å². The molecule has 0 atom stereocenters. The largest absolute Gasteiger partial charge is 0.438 e. The zero-order chi connectivity index (χ0) is 18.3. The van der Waals surface area contributed by atoms with Gasteiger partial charge in [-0.3, -0.25) is 0 Å². The lowest BCUT2D eigenvalue weighted by molar-refractivity contribution is -0.343. The fourth-order valence-electron chi connectivity index (χ4n) is 1.75. The molecular weight excluding hydrogens is 324 g/mol. The van der Waals surface area contributed by atoms with Crippen LogP contribution in [0.15, 0.2) is 18.2 Å². The number of aliphatic hydroxyl groups is 1. The highest BCUT2D eigenvalue weighted by Crippen LogP contribution is 2.42. The van der Waals surface area contributed by atoms with E-state index < -0.39 is 23.4 Å². The SMILES string of the molecule is CC(C)(C)c1cc(C#CC(O)(C(F)(F)F)C(F)(F)F)ccc1N. The quantitative estimate of drug-likeness (QED) is 0.429. The van der Waals surface area contributed by atoms with Crippen molar-refractivity contribution in [3.05, 3.63) is 29.3 Å². The van der Waals surface area contributed by atoms with Crippen molar-refractivity contribution in [2.75, 3.05) is 5.73 Å². The number of halogens is 6. The second-order valence-corrected chi connectivity index (χ2v) is 6.01. The van der Waals surface area contributed by atoms with Crippen molar-refractivity contribution in [2.45, 2.75) is 44.1 Å². The van der Waals surface area contributed by atoms with Gasteiger partial charge in [-0.1, -0.05) is 26.7 Å². The third-order valence-electron chi connectivity index (χ3n) is 3.07. The van der Waals surface area contributed by atoms with Crippen LogP contribution in [-0.2, 0) is 5.41 Å². The molecule has 0 bridgehead atoms. The van der Waals surface area contributed by atoms with Gasteiger partial charge in [0.05, 0.1) is 0 Å². The van der Waals surface area contributed by atoms with Crippen LogP contribution in [0.1, 0.15) is 31.9 Å². The number of anilines is 1. The molecule has 0 radical (unpaired) electrons. The van der Waals surface area contributed by atoms with Crippen molar-refractivity contribution in [1.82, 2.24) is 0 Å². The van der Waals surface area contributed by atoms with Crippen LogP contribution in [0.5, 0.6) is 0 Å². The van der Waals surface area contributed by atoms with E-state index in [0.29, 0.717) is 11.3 Å². The number of alkyl halides is 6. The minimum absolute atomic E-state index is 0.115. The smallest absolute Gasteiger partial charge is 0.398 e. The Balaban J connectivity index is 3.41. The molecule has 0 saturated heterocycles. The van der Waals surface area contributed by atoms with Crippen molar-refractivity contribution in [3.8, 4) is 11.8 Å². The van der Waals surface area contributed by atoms with Crippen LogP contribution in [0.4, 0.5) is 32.0 Å². The molecule has 128 valence electrons. The highest BCUT2D eigenvalue weighted by atomic mass is 19.4. The third-order valence-corrected chi connectivity index (χ3v) is 3.07.